The second-order valence-electron chi connectivity index (χ2n) is 5.52. The first kappa shape index (κ1) is 10.0. The fraction of sp³-hybridized carbons (Fsp3) is 0.571. The first-order valence-electron chi connectivity index (χ1n) is 6.20. The number of hydrogen-bond acceptors (Lipinski definition) is 2. The fourth-order valence-corrected chi connectivity index (χ4v) is 2.51. The first-order valence-corrected chi connectivity index (χ1v) is 6.20. The van der Waals surface area contributed by atoms with Gasteiger partial charge in [0, 0.05) is 12.2 Å². The Morgan fingerprint density at radius 1 is 1.31 bits per heavy atom. The molecule has 16 heavy (non-hydrogen) atoms. The van der Waals surface area contributed by atoms with Crippen molar-refractivity contribution >= 4 is 5.69 Å². The van der Waals surface area contributed by atoms with E-state index in [0.717, 1.165) is 12.3 Å². The van der Waals surface area contributed by atoms with Crippen molar-refractivity contribution in [1.82, 2.24) is 0 Å². The van der Waals surface area contributed by atoms with Crippen LogP contribution < -0.4 is 10.1 Å². The lowest BCUT2D eigenvalue weighted by Crippen LogP contribution is -2.24. The Labute approximate surface area is 97.0 Å². The van der Waals surface area contributed by atoms with Gasteiger partial charge in [0.2, 0.25) is 0 Å². The summed E-state index contributed by atoms with van der Waals surface area (Å²) in [4.78, 5) is 0. The van der Waals surface area contributed by atoms with Crippen molar-refractivity contribution in [2.24, 2.45) is 5.41 Å². The molecule has 1 saturated carbocycles. The van der Waals surface area contributed by atoms with Crippen LogP contribution in [0.1, 0.15) is 32.3 Å². The fourth-order valence-electron chi connectivity index (χ4n) is 2.51. The minimum Gasteiger partial charge on any atom is -0.491 e. The summed E-state index contributed by atoms with van der Waals surface area (Å²) < 4.78 is 5.74. The zero-order chi connectivity index (χ0) is 11.2. The van der Waals surface area contributed by atoms with E-state index in [1.807, 2.05) is 0 Å². The van der Waals surface area contributed by atoms with Crippen LogP contribution in [-0.2, 0) is 6.42 Å². The Balaban J connectivity index is 1.85. The lowest BCUT2D eigenvalue weighted by molar-refractivity contribution is 0.242. The van der Waals surface area contributed by atoms with E-state index in [1.54, 1.807) is 0 Å². The molecule has 1 aliphatic carbocycles. The molecule has 1 spiro atoms. The lowest BCUT2D eigenvalue weighted by Gasteiger charge is -2.26. The molecule has 1 fully saturated rings. The summed E-state index contributed by atoms with van der Waals surface area (Å²) in [6.07, 6.45) is 4.25. The molecule has 0 radical (unpaired) electrons. The summed E-state index contributed by atoms with van der Waals surface area (Å²) in [5, 5.41) is 3.54. The summed E-state index contributed by atoms with van der Waals surface area (Å²) in [7, 11) is 0. The quantitative estimate of drug-likeness (QED) is 0.821. The van der Waals surface area contributed by atoms with Crippen molar-refractivity contribution in [3.05, 3.63) is 23.8 Å². The number of hydrogen-bond donors (Lipinski definition) is 1. The molecule has 2 aliphatic rings. The minimum atomic E-state index is 0.254. The summed E-state index contributed by atoms with van der Waals surface area (Å²) in [6.45, 7) is 5.30. The molecule has 0 amide bonds. The van der Waals surface area contributed by atoms with Crippen LogP contribution in [0, 0.1) is 5.41 Å². The standard InChI is InChI=1S/C14H19NO/c1-10(2)16-12-3-4-13-11(7-12)8-14(5-6-14)9-15-13/h3-4,7,10,15H,5-6,8-9H2,1-2H3. The SMILES string of the molecule is CC(C)Oc1ccc2c(c1)CC1(CC1)CN2. The van der Waals surface area contributed by atoms with Gasteiger partial charge in [-0.1, -0.05) is 0 Å². The van der Waals surface area contributed by atoms with E-state index in [-0.39, 0.29) is 6.10 Å². The molecule has 1 aromatic carbocycles. The number of anilines is 1. The Bertz CT molecular complexity index is 407. The zero-order valence-corrected chi connectivity index (χ0v) is 10.0. The highest BCUT2D eigenvalue weighted by Crippen LogP contribution is 2.51. The van der Waals surface area contributed by atoms with E-state index in [0.29, 0.717) is 5.41 Å². The monoisotopic (exact) mass is 217 g/mol. The largest absolute Gasteiger partial charge is 0.491 e. The lowest BCUT2D eigenvalue weighted by atomic mass is 9.91. The molecule has 0 bridgehead atoms. The van der Waals surface area contributed by atoms with Crippen molar-refractivity contribution in [2.75, 3.05) is 11.9 Å². The highest BCUT2D eigenvalue weighted by Gasteiger charge is 2.44. The number of nitrogens with one attached hydrogen (secondary N) is 1. The second-order valence-corrected chi connectivity index (χ2v) is 5.52. The molecule has 1 heterocycles. The Morgan fingerprint density at radius 3 is 2.81 bits per heavy atom. The number of rotatable bonds is 2. The van der Waals surface area contributed by atoms with Crippen LogP contribution >= 0.6 is 0 Å². The second kappa shape index (κ2) is 3.41. The van der Waals surface area contributed by atoms with Gasteiger partial charge >= 0.3 is 0 Å². The minimum absolute atomic E-state index is 0.254. The third-order valence-corrected chi connectivity index (χ3v) is 3.62. The van der Waals surface area contributed by atoms with E-state index < -0.39 is 0 Å². The van der Waals surface area contributed by atoms with Gasteiger partial charge in [-0.05, 0) is 62.3 Å². The Morgan fingerprint density at radius 2 is 2.12 bits per heavy atom. The molecular formula is C14H19NO. The van der Waals surface area contributed by atoms with Crippen molar-refractivity contribution in [3.63, 3.8) is 0 Å². The third-order valence-electron chi connectivity index (χ3n) is 3.62. The van der Waals surface area contributed by atoms with E-state index >= 15 is 0 Å². The number of ether oxygens (including phenoxy) is 1. The van der Waals surface area contributed by atoms with Gasteiger partial charge in [0.25, 0.3) is 0 Å². The van der Waals surface area contributed by atoms with Crippen LogP contribution in [0.15, 0.2) is 18.2 Å². The van der Waals surface area contributed by atoms with Gasteiger partial charge in [0.05, 0.1) is 6.10 Å². The maximum absolute atomic E-state index is 5.74. The predicted molar refractivity (Wildman–Crippen MR) is 66.1 cm³/mol. The maximum Gasteiger partial charge on any atom is 0.120 e. The van der Waals surface area contributed by atoms with Gasteiger partial charge in [0.1, 0.15) is 5.75 Å². The Kier molecular flexibility index (Phi) is 2.13. The molecule has 0 aromatic heterocycles. The molecule has 1 aliphatic heterocycles. The van der Waals surface area contributed by atoms with Crippen LogP contribution in [0.5, 0.6) is 5.75 Å². The van der Waals surface area contributed by atoms with E-state index in [1.165, 1.54) is 30.5 Å². The molecule has 2 heteroatoms. The van der Waals surface area contributed by atoms with Crippen LogP contribution in [-0.4, -0.2) is 12.6 Å². The number of benzene rings is 1. The Hall–Kier alpha value is -1.18. The van der Waals surface area contributed by atoms with Gasteiger partial charge in [-0.25, -0.2) is 0 Å². The van der Waals surface area contributed by atoms with Crippen molar-refractivity contribution in [1.29, 1.82) is 0 Å². The third kappa shape index (κ3) is 1.77. The highest BCUT2D eigenvalue weighted by atomic mass is 16.5. The molecule has 3 rings (SSSR count). The first-order chi connectivity index (χ1) is 7.67. The van der Waals surface area contributed by atoms with Gasteiger partial charge in [-0.2, -0.15) is 0 Å². The average molecular weight is 217 g/mol. The predicted octanol–water partition coefficient (Wildman–Crippen LogP) is 3.22. The van der Waals surface area contributed by atoms with Gasteiger partial charge in [-0.3, -0.25) is 0 Å². The van der Waals surface area contributed by atoms with Crippen molar-refractivity contribution in [3.8, 4) is 5.75 Å². The molecule has 2 nitrogen and oxygen atoms in total. The normalized spacial score (nSPS) is 20.4. The molecule has 1 N–H and O–H groups in total. The van der Waals surface area contributed by atoms with Gasteiger partial charge in [0.15, 0.2) is 0 Å². The summed E-state index contributed by atoms with van der Waals surface area (Å²) in [5.74, 6) is 1.01. The van der Waals surface area contributed by atoms with E-state index in [9.17, 15) is 0 Å². The van der Waals surface area contributed by atoms with Gasteiger partial charge in [-0.15, -0.1) is 0 Å². The summed E-state index contributed by atoms with van der Waals surface area (Å²) >= 11 is 0. The van der Waals surface area contributed by atoms with Crippen molar-refractivity contribution < 1.29 is 4.74 Å². The summed E-state index contributed by atoms with van der Waals surface area (Å²) in [5.41, 5.74) is 3.32. The average Bonchev–Trinajstić information content (AvgIpc) is 2.96. The zero-order valence-electron chi connectivity index (χ0n) is 10.0. The maximum atomic E-state index is 5.74. The molecule has 0 unspecified atom stereocenters. The molecule has 0 atom stereocenters. The topological polar surface area (TPSA) is 21.3 Å². The van der Waals surface area contributed by atoms with E-state index in [2.05, 4.69) is 37.4 Å². The van der Waals surface area contributed by atoms with Gasteiger partial charge < -0.3 is 10.1 Å². The smallest absolute Gasteiger partial charge is 0.120 e. The van der Waals surface area contributed by atoms with Crippen molar-refractivity contribution in [2.45, 2.75) is 39.2 Å². The summed E-state index contributed by atoms with van der Waals surface area (Å²) in [6, 6.07) is 6.43. The molecule has 0 saturated heterocycles. The van der Waals surface area contributed by atoms with Crippen LogP contribution in [0.4, 0.5) is 5.69 Å². The highest BCUT2D eigenvalue weighted by molar-refractivity contribution is 5.57. The molecule has 1 aromatic rings. The number of fused-ring (bicyclic) bond motifs is 1. The van der Waals surface area contributed by atoms with Crippen LogP contribution in [0.25, 0.3) is 0 Å². The molecular weight excluding hydrogens is 198 g/mol. The van der Waals surface area contributed by atoms with Crippen LogP contribution in [0.2, 0.25) is 0 Å². The molecule has 86 valence electrons. The van der Waals surface area contributed by atoms with E-state index in [4.69, 9.17) is 4.74 Å². The van der Waals surface area contributed by atoms with Crippen LogP contribution in [0.3, 0.4) is 0 Å².